The number of hydrogen-bond acceptors (Lipinski definition) is 2. The van der Waals surface area contributed by atoms with Gasteiger partial charge in [0.2, 0.25) is 5.91 Å². The zero-order valence-corrected chi connectivity index (χ0v) is 12.8. The molecule has 2 rings (SSSR count). The number of carbonyl (C=O) groups excluding carboxylic acids is 2. The average Bonchev–Trinajstić information content (AvgIpc) is 2.53. The molecule has 0 saturated carbocycles. The average molecular weight is 296 g/mol. The van der Waals surface area contributed by atoms with Gasteiger partial charge in [0, 0.05) is 24.7 Å². The summed E-state index contributed by atoms with van der Waals surface area (Å²) < 4.78 is 0. The Morgan fingerprint density at radius 1 is 1.00 bits per heavy atom. The van der Waals surface area contributed by atoms with E-state index in [2.05, 4.69) is 29.7 Å². The van der Waals surface area contributed by atoms with Gasteiger partial charge in [0.05, 0.1) is 0 Å². The number of benzene rings is 2. The smallest absolute Gasteiger partial charge is 0.251 e. The molecule has 0 aliphatic heterocycles. The molecule has 0 spiro atoms. The molecule has 2 aromatic rings. The summed E-state index contributed by atoms with van der Waals surface area (Å²) in [4.78, 5) is 23.1. The van der Waals surface area contributed by atoms with E-state index in [0.717, 1.165) is 0 Å². The summed E-state index contributed by atoms with van der Waals surface area (Å²) in [7, 11) is 0. The van der Waals surface area contributed by atoms with Crippen LogP contribution in [0.4, 0.5) is 5.69 Å². The molecule has 4 nitrogen and oxygen atoms in total. The Hall–Kier alpha value is -2.62. The van der Waals surface area contributed by atoms with Crippen molar-refractivity contribution in [3.63, 3.8) is 0 Å². The van der Waals surface area contributed by atoms with Crippen molar-refractivity contribution >= 4 is 17.5 Å². The van der Waals surface area contributed by atoms with Gasteiger partial charge >= 0.3 is 0 Å². The Kier molecular flexibility index (Phi) is 5.31. The number of rotatable bonds is 5. The van der Waals surface area contributed by atoms with Crippen molar-refractivity contribution in [1.29, 1.82) is 0 Å². The molecule has 1 unspecified atom stereocenters. The second-order valence-corrected chi connectivity index (χ2v) is 5.28. The first-order chi connectivity index (χ1) is 10.6. The maximum atomic E-state index is 12.1. The van der Waals surface area contributed by atoms with E-state index < -0.39 is 0 Å². The molecule has 2 N–H and O–H groups in total. The molecule has 114 valence electrons. The number of hydrogen-bond donors (Lipinski definition) is 2. The van der Waals surface area contributed by atoms with Crippen LogP contribution in [0.1, 0.15) is 35.7 Å². The third-order valence-electron chi connectivity index (χ3n) is 3.40. The van der Waals surface area contributed by atoms with Crippen molar-refractivity contribution < 1.29 is 9.59 Å². The van der Waals surface area contributed by atoms with Crippen molar-refractivity contribution in [2.75, 3.05) is 11.9 Å². The van der Waals surface area contributed by atoms with Gasteiger partial charge in [-0.25, -0.2) is 0 Å². The quantitative estimate of drug-likeness (QED) is 0.890. The molecule has 0 aliphatic carbocycles. The summed E-state index contributed by atoms with van der Waals surface area (Å²) in [6, 6.07) is 16.9. The van der Waals surface area contributed by atoms with Crippen LogP contribution >= 0.6 is 0 Å². The van der Waals surface area contributed by atoms with Crippen LogP contribution in [0.3, 0.4) is 0 Å². The minimum Gasteiger partial charge on any atom is -0.351 e. The first kappa shape index (κ1) is 15.8. The van der Waals surface area contributed by atoms with Gasteiger partial charge in [0.15, 0.2) is 0 Å². The van der Waals surface area contributed by atoms with E-state index >= 15 is 0 Å². The lowest BCUT2D eigenvalue weighted by molar-refractivity contribution is -0.114. The molecule has 0 saturated heterocycles. The molecule has 2 aromatic carbocycles. The highest BCUT2D eigenvalue weighted by atomic mass is 16.2. The van der Waals surface area contributed by atoms with E-state index in [4.69, 9.17) is 0 Å². The van der Waals surface area contributed by atoms with Crippen LogP contribution in [-0.2, 0) is 4.79 Å². The van der Waals surface area contributed by atoms with Gasteiger partial charge in [0.25, 0.3) is 5.91 Å². The minimum absolute atomic E-state index is 0.114. The number of amides is 2. The Labute approximate surface area is 130 Å². The Bertz CT molecular complexity index is 636. The highest BCUT2D eigenvalue weighted by Crippen LogP contribution is 2.14. The van der Waals surface area contributed by atoms with Gasteiger partial charge in [-0.05, 0) is 35.7 Å². The standard InChI is InChI=1S/C18H20N2O2/c1-13(15-6-4-3-5-7-15)12-19-18(22)16-8-10-17(11-9-16)20-14(2)21/h3-11,13H,12H2,1-2H3,(H,19,22)(H,20,21). The highest BCUT2D eigenvalue weighted by Gasteiger charge is 2.09. The molecular weight excluding hydrogens is 276 g/mol. The van der Waals surface area contributed by atoms with Crippen LogP contribution in [0.2, 0.25) is 0 Å². The summed E-state index contributed by atoms with van der Waals surface area (Å²) in [5, 5.41) is 5.60. The largest absolute Gasteiger partial charge is 0.351 e. The third kappa shape index (κ3) is 4.45. The minimum atomic E-state index is -0.131. The number of carbonyl (C=O) groups is 2. The third-order valence-corrected chi connectivity index (χ3v) is 3.40. The Balaban J connectivity index is 1.90. The van der Waals surface area contributed by atoms with Gasteiger partial charge in [-0.2, -0.15) is 0 Å². The first-order valence-corrected chi connectivity index (χ1v) is 7.27. The molecule has 22 heavy (non-hydrogen) atoms. The van der Waals surface area contributed by atoms with Crippen LogP contribution in [0.5, 0.6) is 0 Å². The van der Waals surface area contributed by atoms with E-state index in [0.29, 0.717) is 17.8 Å². The van der Waals surface area contributed by atoms with E-state index in [1.54, 1.807) is 24.3 Å². The maximum Gasteiger partial charge on any atom is 0.251 e. The molecule has 4 heteroatoms. The van der Waals surface area contributed by atoms with Crippen molar-refractivity contribution in [3.8, 4) is 0 Å². The van der Waals surface area contributed by atoms with Crippen LogP contribution in [0.25, 0.3) is 0 Å². The molecule has 1 atom stereocenters. The molecule has 0 heterocycles. The number of anilines is 1. The van der Waals surface area contributed by atoms with Crippen molar-refractivity contribution in [2.45, 2.75) is 19.8 Å². The van der Waals surface area contributed by atoms with E-state index in [1.165, 1.54) is 12.5 Å². The second kappa shape index (κ2) is 7.41. The molecule has 2 amide bonds. The van der Waals surface area contributed by atoms with Crippen molar-refractivity contribution in [1.82, 2.24) is 5.32 Å². The Morgan fingerprint density at radius 3 is 2.23 bits per heavy atom. The van der Waals surface area contributed by atoms with Gasteiger partial charge in [-0.1, -0.05) is 37.3 Å². The second-order valence-electron chi connectivity index (χ2n) is 5.28. The summed E-state index contributed by atoms with van der Waals surface area (Å²) in [6.45, 7) is 4.11. The molecule has 0 radical (unpaired) electrons. The first-order valence-electron chi connectivity index (χ1n) is 7.27. The molecule has 0 fully saturated rings. The summed E-state index contributed by atoms with van der Waals surface area (Å²) in [6.07, 6.45) is 0. The highest BCUT2D eigenvalue weighted by molar-refractivity contribution is 5.95. The fourth-order valence-electron chi connectivity index (χ4n) is 2.16. The molecular formula is C18H20N2O2. The van der Waals surface area contributed by atoms with Gasteiger partial charge < -0.3 is 10.6 Å². The normalized spacial score (nSPS) is 11.5. The van der Waals surface area contributed by atoms with Crippen molar-refractivity contribution in [3.05, 3.63) is 65.7 Å². The zero-order valence-electron chi connectivity index (χ0n) is 12.8. The summed E-state index contributed by atoms with van der Waals surface area (Å²) in [5.74, 6) is 0.00912. The fraction of sp³-hybridized carbons (Fsp3) is 0.222. The SMILES string of the molecule is CC(=O)Nc1ccc(C(=O)NCC(C)c2ccccc2)cc1. The maximum absolute atomic E-state index is 12.1. The predicted octanol–water partition coefficient (Wildman–Crippen LogP) is 3.18. The van der Waals surface area contributed by atoms with Crippen LogP contribution in [0.15, 0.2) is 54.6 Å². The topological polar surface area (TPSA) is 58.2 Å². The lowest BCUT2D eigenvalue weighted by atomic mass is 10.0. The van der Waals surface area contributed by atoms with Gasteiger partial charge in [0.1, 0.15) is 0 Å². The van der Waals surface area contributed by atoms with E-state index in [1.807, 2.05) is 18.2 Å². The van der Waals surface area contributed by atoms with Crippen LogP contribution in [-0.4, -0.2) is 18.4 Å². The van der Waals surface area contributed by atoms with Crippen LogP contribution in [0, 0.1) is 0 Å². The van der Waals surface area contributed by atoms with Gasteiger partial charge in [-0.3, -0.25) is 9.59 Å². The Morgan fingerprint density at radius 2 is 1.64 bits per heavy atom. The number of nitrogens with one attached hydrogen (secondary N) is 2. The van der Waals surface area contributed by atoms with Gasteiger partial charge in [-0.15, -0.1) is 0 Å². The summed E-state index contributed by atoms with van der Waals surface area (Å²) in [5.41, 5.74) is 2.46. The van der Waals surface area contributed by atoms with Crippen LogP contribution < -0.4 is 10.6 Å². The molecule has 0 aliphatic rings. The van der Waals surface area contributed by atoms with Crippen molar-refractivity contribution in [2.24, 2.45) is 0 Å². The molecule has 0 aromatic heterocycles. The van der Waals surface area contributed by atoms with E-state index in [-0.39, 0.29) is 17.7 Å². The fourth-order valence-corrected chi connectivity index (χ4v) is 2.16. The monoisotopic (exact) mass is 296 g/mol. The summed E-state index contributed by atoms with van der Waals surface area (Å²) >= 11 is 0. The lowest BCUT2D eigenvalue weighted by Crippen LogP contribution is -2.27. The predicted molar refractivity (Wildman–Crippen MR) is 87.9 cm³/mol. The van der Waals surface area contributed by atoms with E-state index in [9.17, 15) is 9.59 Å². The lowest BCUT2D eigenvalue weighted by Gasteiger charge is -2.13. The molecule has 0 bridgehead atoms. The zero-order chi connectivity index (χ0) is 15.9.